The average Bonchev–Trinajstić information content (AvgIpc) is 2.87. The maximum atomic E-state index is 12.4. The van der Waals surface area contributed by atoms with Crippen molar-refractivity contribution in [1.82, 2.24) is 4.90 Å². The minimum absolute atomic E-state index is 0.0821. The Labute approximate surface area is 125 Å². The van der Waals surface area contributed by atoms with E-state index in [9.17, 15) is 4.79 Å². The number of furan rings is 1. The first kappa shape index (κ1) is 17.1. The van der Waals surface area contributed by atoms with Crippen molar-refractivity contribution in [2.75, 3.05) is 19.7 Å². The predicted molar refractivity (Wildman–Crippen MR) is 80.1 cm³/mol. The SMILES string of the molecule is CCCCCCCN(CCCO)C(=O)c1ccoc1Cl. The summed E-state index contributed by atoms with van der Waals surface area (Å²) in [6.45, 7) is 3.51. The van der Waals surface area contributed by atoms with Crippen molar-refractivity contribution >= 4 is 17.5 Å². The largest absolute Gasteiger partial charge is 0.452 e. The van der Waals surface area contributed by atoms with E-state index in [0.29, 0.717) is 25.1 Å². The van der Waals surface area contributed by atoms with E-state index in [2.05, 4.69) is 6.92 Å². The Hall–Kier alpha value is -1.00. The van der Waals surface area contributed by atoms with Crippen molar-refractivity contribution in [2.24, 2.45) is 0 Å². The lowest BCUT2D eigenvalue weighted by molar-refractivity contribution is 0.0741. The van der Waals surface area contributed by atoms with E-state index in [-0.39, 0.29) is 17.7 Å². The molecule has 0 aliphatic rings. The molecule has 0 atom stereocenters. The number of rotatable bonds is 10. The van der Waals surface area contributed by atoms with Crippen LogP contribution in [0.5, 0.6) is 0 Å². The van der Waals surface area contributed by atoms with Gasteiger partial charge in [0, 0.05) is 19.7 Å². The fraction of sp³-hybridized carbons (Fsp3) is 0.667. The van der Waals surface area contributed by atoms with Crippen molar-refractivity contribution in [3.63, 3.8) is 0 Å². The predicted octanol–water partition coefficient (Wildman–Crippen LogP) is 3.73. The van der Waals surface area contributed by atoms with Gasteiger partial charge in [0.2, 0.25) is 5.22 Å². The highest BCUT2D eigenvalue weighted by atomic mass is 35.5. The van der Waals surface area contributed by atoms with Gasteiger partial charge < -0.3 is 14.4 Å². The van der Waals surface area contributed by atoms with Gasteiger partial charge in [-0.05, 0) is 30.5 Å². The number of aliphatic hydroxyl groups excluding tert-OH is 1. The number of aliphatic hydroxyl groups is 1. The number of nitrogens with zero attached hydrogens (tertiary/aromatic N) is 1. The third-order valence-electron chi connectivity index (χ3n) is 3.25. The Morgan fingerprint density at radius 3 is 2.55 bits per heavy atom. The van der Waals surface area contributed by atoms with Crippen LogP contribution in [-0.4, -0.2) is 35.6 Å². The van der Waals surface area contributed by atoms with Crippen molar-refractivity contribution in [3.05, 3.63) is 23.1 Å². The molecular formula is C15H24ClNO3. The van der Waals surface area contributed by atoms with Crippen LogP contribution in [0.3, 0.4) is 0 Å². The second kappa shape index (κ2) is 9.83. The first-order valence-corrected chi connectivity index (χ1v) is 7.71. The summed E-state index contributed by atoms with van der Waals surface area (Å²) in [5, 5.41) is 9.08. The fourth-order valence-corrected chi connectivity index (χ4v) is 2.29. The first-order valence-electron chi connectivity index (χ1n) is 7.33. The van der Waals surface area contributed by atoms with Gasteiger partial charge in [-0.25, -0.2) is 0 Å². The van der Waals surface area contributed by atoms with Crippen LogP contribution in [0.15, 0.2) is 16.7 Å². The summed E-state index contributed by atoms with van der Waals surface area (Å²) >= 11 is 5.85. The number of hydrogen-bond donors (Lipinski definition) is 1. The van der Waals surface area contributed by atoms with Gasteiger partial charge in [-0.15, -0.1) is 0 Å². The molecular weight excluding hydrogens is 278 g/mol. The highest BCUT2D eigenvalue weighted by molar-refractivity contribution is 6.32. The monoisotopic (exact) mass is 301 g/mol. The molecule has 0 bridgehead atoms. The Kier molecular flexibility index (Phi) is 8.38. The number of unbranched alkanes of at least 4 members (excludes halogenated alkanes) is 4. The topological polar surface area (TPSA) is 53.7 Å². The van der Waals surface area contributed by atoms with Gasteiger partial charge >= 0.3 is 0 Å². The summed E-state index contributed by atoms with van der Waals surface area (Å²) in [7, 11) is 0. The molecule has 114 valence electrons. The molecule has 0 saturated carbocycles. The number of carbonyl (C=O) groups excluding carboxylic acids is 1. The fourth-order valence-electron chi connectivity index (χ4n) is 2.10. The van der Waals surface area contributed by atoms with Crippen LogP contribution in [0, 0.1) is 0 Å². The third-order valence-corrected chi connectivity index (χ3v) is 3.55. The van der Waals surface area contributed by atoms with Gasteiger partial charge in [-0.2, -0.15) is 0 Å². The zero-order valence-corrected chi connectivity index (χ0v) is 12.9. The lowest BCUT2D eigenvalue weighted by Gasteiger charge is -2.22. The van der Waals surface area contributed by atoms with Crippen LogP contribution in [0.4, 0.5) is 0 Å². The van der Waals surface area contributed by atoms with Crippen LogP contribution < -0.4 is 0 Å². The third kappa shape index (κ3) is 5.55. The second-order valence-corrected chi connectivity index (χ2v) is 5.23. The van der Waals surface area contributed by atoms with Crippen LogP contribution in [0.25, 0.3) is 0 Å². The summed E-state index contributed by atoms with van der Waals surface area (Å²) < 4.78 is 4.97. The standard InChI is InChI=1S/C15H24ClNO3/c1-2-3-4-5-6-9-17(10-7-11-18)15(19)13-8-12-20-14(13)16/h8,12,18H,2-7,9-11H2,1H3. The molecule has 0 unspecified atom stereocenters. The molecule has 1 aromatic rings. The van der Waals surface area contributed by atoms with Crippen LogP contribution in [0.2, 0.25) is 5.22 Å². The van der Waals surface area contributed by atoms with Gasteiger partial charge in [0.15, 0.2) is 0 Å². The molecule has 4 nitrogen and oxygen atoms in total. The van der Waals surface area contributed by atoms with Gasteiger partial charge in [0.1, 0.15) is 0 Å². The van der Waals surface area contributed by atoms with Gasteiger partial charge in [-0.1, -0.05) is 32.6 Å². The van der Waals surface area contributed by atoms with E-state index in [1.807, 2.05) is 0 Å². The highest BCUT2D eigenvalue weighted by Crippen LogP contribution is 2.19. The molecule has 1 rings (SSSR count). The zero-order chi connectivity index (χ0) is 14.8. The molecule has 0 aliphatic heterocycles. The van der Waals surface area contributed by atoms with Gasteiger partial charge in [-0.3, -0.25) is 4.79 Å². The summed E-state index contributed by atoms with van der Waals surface area (Å²) in [5.74, 6) is -0.118. The quantitative estimate of drug-likeness (QED) is 0.670. The average molecular weight is 302 g/mol. The molecule has 20 heavy (non-hydrogen) atoms. The van der Waals surface area contributed by atoms with Crippen molar-refractivity contribution in [3.8, 4) is 0 Å². The normalized spacial score (nSPS) is 10.8. The molecule has 0 spiro atoms. The zero-order valence-electron chi connectivity index (χ0n) is 12.1. The Bertz CT molecular complexity index is 392. The van der Waals surface area contributed by atoms with Crippen LogP contribution in [0.1, 0.15) is 55.8 Å². The maximum absolute atomic E-state index is 12.4. The number of hydrogen-bond acceptors (Lipinski definition) is 3. The lowest BCUT2D eigenvalue weighted by atomic mass is 10.1. The van der Waals surface area contributed by atoms with Crippen molar-refractivity contribution in [1.29, 1.82) is 0 Å². The number of carbonyl (C=O) groups is 1. The Morgan fingerprint density at radius 2 is 1.95 bits per heavy atom. The smallest absolute Gasteiger partial charge is 0.258 e. The number of amides is 1. The van der Waals surface area contributed by atoms with Crippen LogP contribution in [-0.2, 0) is 0 Å². The van der Waals surface area contributed by atoms with E-state index >= 15 is 0 Å². The Morgan fingerprint density at radius 1 is 1.25 bits per heavy atom. The van der Waals surface area contributed by atoms with E-state index in [0.717, 1.165) is 12.8 Å². The summed E-state index contributed by atoms with van der Waals surface area (Å²) in [6, 6.07) is 1.59. The summed E-state index contributed by atoms with van der Waals surface area (Å²) in [4.78, 5) is 14.1. The molecule has 0 saturated heterocycles. The Balaban J connectivity index is 2.50. The van der Waals surface area contributed by atoms with E-state index in [4.69, 9.17) is 21.1 Å². The summed E-state index contributed by atoms with van der Waals surface area (Å²) in [6.07, 6.45) is 7.74. The van der Waals surface area contributed by atoms with Gasteiger partial charge in [0.05, 0.1) is 11.8 Å². The van der Waals surface area contributed by atoms with Crippen molar-refractivity contribution in [2.45, 2.75) is 45.4 Å². The minimum atomic E-state index is -0.118. The molecule has 1 aromatic heterocycles. The minimum Gasteiger partial charge on any atom is -0.452 e. The van der Waals surface area contributed by atoms with E-state index in [1.54, 1.807) is 11.0 Å². The molecule has 5 heteroatoms. The molecule has 1 N–H and O–H groups in total. The molecule has 0 aliphatic carbocycles. The second-order valence-electron chi connectivity index (χ2n) is 4.89. The lowest BCUT2D eigenvalue weighted by Crippen LogP contribution is -2.33. The molecule has 0 fully saturated rings. The molecule has 1 heterocycles. The maximum Gasteiger partial charge on any atom is 0.258 e. The van der Waals surface area contributed by atoms with Crippen molar-refractivity contribution < 1.29 is 14.3 Å². The van der Waals surface area contributed by atoms with Crippen LogP contribution >= 0.6 is 11.6 Å². The number of halogens is 1. The van der Waals surface area contributed by atoms with Gasteiger partial charge in [0.25, 0.3) is 5.91 Å². The summed E-state index contributed by atoms with van der Waals surface area (Å²) in [5.41, 5.74) is 0.401. The molecule has 1 amide bonds. The first-order chi connectivity index (χ1) is 9.70. The van der Waals surface area contributed by atoms with E-state index < -0.39 is 0 Å². The molecule has 0 radical (unpaired) electrons. The van der Waals surface area contributed by atoms with E-state index in [1.165, 1.54) is 25.5 Å². The highest BCUT2D eigenvalue weighted by Gasteiger charge is 2.19. The molecule has 0 aromatic carbocycles.